The number of hydrogen-bond acceptors (Lipinski definition) is 2. The molecule has 1 aromatic rings. The van der Waals surface area contributed by atoms with Crippen molar-refractivity contribution >= 4 is 23.2 Å². The molecule has 0 saturated carbocycles. The second-order valence-corrected chi connectivity index (χ2v) is 3.19. The molecule has 70 valence electrons. The van der Waals surface area contributed by atoms with Gasteiger partial charge in [-0.05, 0) is 23.3 Å². The highest BCUT2D eigenvalue weighted by Crippen LogP contribution is 2.19. The first-order valence-electron chi connectivity index (χ1n) is 3.84. The van der Waals surface area contributed by atoms with Gasteiger partial charge in [-0.1, -0.05) is 0 Å². The number of nitriles is 2. The van der Waals surface area contributed by atoms with Crippen molar-refractivity contribution in [2.45, 2.75) is 11.8 Å². The lowest BCUT2D eigenvalue weighted by atomic mass is 10.0. The van der Waals surface area contributed by atoms with Crippen LogP contribution in [0.3, 0.4) is 0 Å². The predicted octanol–water partition coefficient (Wildman–Crippen LogP) is 2.91. The van der Waals surface area contributed by atoms with Crippen molar-refractivity contribution in [2.24, 2.45) is 0 Å². The lowest BCUT2D eigenvalue weighted by molar-refractivity contribution is 1.24. The quantitative estimate of drug-likeness (QED) is 0.726. The zero-order chi connectivity index (χ0) is 10.6. The van der Waals surface area contributed by atoms with Gasteiger partial charge in [0.2, 0.25) is 0 Å². The average Bonchev–Trinajstić information content (AvgIpc) is 2.26. The highest BCUT2D eigenvalue weighted by Gasteiger charge is 2.07. The molecule has 0 bridgehead atoms. The summed E-state index contributed by atoms with van der Waals surface area (Å²) in [4.78, 5) is 0. The van der Waals surface area contributed by atoms with Crippen LogP contribution in [0.25, 0.3) is 0 Å². The van der Waals surface area contributed by atoms with Gasteiger partial charge in [0.25, 0.3) is 0 Å². The Hall–Kier alpha value is -1.22. The van der Waals surface area contributed by atoms with Crippen molar-refractivity contribution < 1.29 is 0 Å². The van der Waals surface area contributed by atoms with Crippen molar-refractivity contribution in [3.05, 3.63) is 34.4 Å². The third-order valence-corrected chi connectivity index (χ3v) is 2.44. The highest BCUT2D eigenvalue weighted by molar-refractivity contribution is 6.18. The third kappa shape index (κ3) is 1.99. The van der Waals surface area contributed by atoms with Crippen LogP contribution in [-0.4, -0.2) is 0 Å². The van der Waals surface area contributed by atoms with Gasteiger partial charge in [0.15, 0.2) is 0 Å². The molecule has 0 aliphatic rings. The number of halogens is 2. The van der Waals surface area contributed by atoms with E-state index in [9.17, 15) is 0 Å². The summed E-state index contributed by atoms with van der Waals surface area (Å²) in [5.41, 5.74) is 2.29. The van der Waals surface area contributed by atoms with E-state index in [4.69, 9.17) is 33.7 Å². The molecule has 1 rings (SSSR count). The molecule has 0 aromatic heterocycles. The van der Waals surface area contributed by atoms with Gasteiger partial charge in [-0.25, -0.2) is 0 Å². The van der Waals surface area contributed by atoms with Crippen LogP contribution in [0.1, 0.15) is 22.3 Å². The fourth-order valence-corrected chi connectivity index (χ4v) is 1.62. The Morgan fingerprint density at radius 3 is 1.50 bits per heavy atom. The molecule has 0 radical (unpaired) electrons. The minimum Gasteiger partial charge on any atom is -0.192 e. The van der Waals surface area contributed by atoms with Gasteiger partial charge in [0, 0.05) is 11.8 Å². The molecule has 14 heavy (non-hydrogen) atoms. The van der Waals surface area contributed by atoms with Crippen molar-refractivity contribution in [3.8, 4) is 12.1 Å². The Morgan fingerprint density at radius 2 is 1.29 bits per heavy atom. The summed E-state index contributed by atoms with van der Waals surface area (Å²) < 4.78 is 0. The van der Waals surface area contributed by atoms with Crippen molar-refractivity contribution in [3.63, 3.8) is 0 Å². The standard InChI is InChI=1S/C10H6Cl2N2/c11-3-7-1-9(5-13)10(6-14)2-8(7)4-12/h1-2H,3-4H2. The van der Waals surface area contributed by atoms with E-state index in [1.165, 1.54) is 0 Å². The minimum atomic E-state index is 0.294. The third-order valence-electron chi connectivity index (χ3n) is 1.87. The van der Waals surface area contributed by atoms with E-state index in [1.807, 2.05) is 12.1 Å². The smallest absolute Gasteiger partial charge is 0.101 e. The fraction of sp³-hybridized carbons (Fsp3) is 0.200. The molecule has 0 heterocycles. The number of alkyl halides is 2. The maximum absolute atomic E-state index is 8.76. The van der Waals surface area contributed by atoms with Crippen molar-refractivity contribution in [2.75, 3.05) is 0 Å². The second-order valence-electron chi connectivity index (χ2n) is 2.66. The molecule has 0 aliphatic heterocycles. The Balaban J connectivity index is 3.39. The molecule has 0 atom stereocenters. The molecule has 0 N–H and O–H groups in total. The molecule has 0 saturated heterocycles. The fourth-order valence-electron chi connectivity index (χ4n) is 1.12. The van der Waals surface area contributed by atoms with Crippen molar-refractivity contribution in [1.29, 1.82) is 10.5 Å². The van der Waals surface area contributed by atoms with Crippen molar-refractivity contribution in [1.82, 2.24) is 0 Å². The summed E-state index contributed by atoms with van der Waals surface area (Å²) in [5, 5.41) is 17.5. The van der Waals surface area contributed by atoms with E-state index in [0.717, 1.165) is 11.1 Å². The predicted molar refractivity (Wildman–Crippen MR) is 55.0 cm³/mol. The van der Waals surface area contributed by atoms with Crippen LogP contribution in [0.2, 0.25) is 0 Å². The molecular weight excluding hydrogens is 219 g/mol. The summed E-state index contributed by atoms with van der Waals surface area (Å²) >= 11 is 11.4. The van der Waals surface area contributed by atoms with Crippen LogP contribution < -0.4 is 0 Å². The van der Waals surface area contributed by atoms with Crippen LogP contribution in [-0.2, 0) is 11.8 Å². The Labute approximate surface area is 92.3 Å². The largest absolute Gasteiger partial charge is 0.192 e. The van der Waals surface area contributed by atoms with Gasteiger partial charge in [0.05, 0.1) is 11.1 Å². The van der Waals surface area contributed by atoms with Crippen LogP contribution in [0.5, 0.6) is 0 Å². The van der Waals surface area contributed by atoms with E-state index >= 15 is 0 Å². The van der Waals surface area contributed by atoms with Gasteiger partial charge in [-0.15, -0.1) is 23.2 Å². The van der Waals surface area contributed by atoms with E-state index in [1.54, 1.807) is 12.1 Å². The number of hydrogen-bond donors (Lipinski definition) is 0. The topological polar surface area (TPSA) is 47.6 Å². The van der Waals surface area contributed by atoms with Gasteiger partial charge in [-0.3, -0.25) is 0 Å². The first-order chi connectivity index (χ1) is 6.76. The van der Waals surface area contributed by atoms with E-state index < -0.39 is 0 Å². The molecule has 0 fully saturated rings. The molecular formula is C10H6Cl2N2. The number of nitrogens with zero attached hydrogens (tertiary/aromatic N) is 2. The number of rotatable bonds is 2. The molecule has 0 aliphatic carbocycles. The zero-order valence-electron chi connectivity index (χ0n) is 7.22. The summed E-state index contributed by atoms with van der Waals surface area (Å²) in [7, 11) is 0. The SMILES string of the molecule is N#Cc1cc(CCl)c(CCl)cc1C#N. The molecule has 1 aromatic carbocycles. The molecule has 0 spiro atoms. The molecule has 2 nitrogen and oxygen atoms in total. The lowest BCUT2D eigenvalue weighted by Crippen LogP contribution is -1.93. The molecule has 0 amide bonds. The summed E-state index contributed by atoms with van der Waals surface area (Å²) in [6, 6.07) is 7.13. The highest BCUT2D eigenvalue weighted by atomic mass is 35.5. The van der Waals surface area contributed by atoms with E-state index in [-0.39, 0.29) is 0 Å². The van der Waals surface area contributed by atoms with Gasteiger partial charge in [-0.2, -0.15) is 10.5 Å². The minimum absolute atomic E-state index is 0.294. The van der Waals surface area contributed by atoms with Crippen LogP contribution in [0, 0.1) is 22.7 Å². The van der Waals surface area contributed by atoms with E-state index in [2.05, 4.69) is 0 Å². The van der Waals surface area contributed by atoms with E-state index in [0.29, 0.717) is 22.9 Å². The molecule has 0 unspecified atom stereocenters. The number of benzene rings is 1. The summed E-state index contributed by atoms with van der Waals surface area (Å²) in [5.74, 6) is 0.588. The maximum Gasteiger partial charge on any atom is 0.101 e. The Kier molecular flexibility index (Phi) is 3.77. The normalized spacial score (nSPS) is 9.14. The van der Waals surface area contributed by atoms with Crippen LogP contribution in [0.15, 0.2) is 12.1 Å². The first-order valence-corrected chi connectivity index (χ1v) is 4.91. The van der Waals surface area contributed by atoms with Crippen LogP contribution in [0.4, 0.5) is 0 Å². The second kappa shape index (κ2) is 4.86. The monoisotopic (exact) mass is 224 g/mol. The van der Waals surface area contributed by atoms with Gasteiger partial charge >= 0.3 is 0 Å². The summed E-state index contributed by atoms with van der Waals surface area (Å²) in [6.45, 7) is 0. The van der Waals surface area contributed by atoms with Gasteiger partial charge in [0.1, 0.15) is 12.1 Å². The lowest BCUT2D eigenvalue weighted by Gasteiger charge is -2.05. The molecule has 4 heteroatoms. The zero-order valence-corrected chi connectivity index (χ0v) is 8.73. The Morgan fingerprint density at radius 1 is 0.929 bits per heavy atom. The first kappa shape index (κ1) is 10.9. The van der Waals surface area contributed by atoms with Crippen LogP contribution >= 0.6 is 23.2 Å². The van der Waals surface area contributed by atoms with Gasteiger partial charge < -0.3 is 0 Å². The average molecular weight is 225 g/mol. The summed E-state index contributed by atoms with van der Waals surface area (Å²) in [6.07, 6.45) is 0. The Bertz CT molecular complexity index is 386. The maximum atomic E-state index is 8.76.